The van der Waals surface area contributed by atoms with E-state index in [2.05, 4.69) is 22.2 Å². The fourth-order valence-electron chi connectivity index (χ4n) is 2.25. The molecule has 2 heterocycles. The van der Waals surface area contributed by atoms with Gasteiger partial charge in [-0.05, 0) is 18.8 Å². The molecule has 1 fully saturated rings. The summed E-state index contributed by atoms with van der Waals surface area (Å²) in [6, 6.07) is 1.03. The van der Waals surface area contributed by atoms with Gasteiger partial charge >= 0.3 is 6.18 Å². The van der Waals surface area contributed by atoms with E-state index < -0.39 is 11.9 Å². The largest absolute Gasteiger partial charge is 0.433 e. The van der Waals surface area contributed by atoms with Crippen molar-refractivity contribution < 1.29 is 13.2 Å². The maximum Gasteiger partial charge on any atom is 0.433 e. The summed E-state index contributed by atoms with van der Waals surface area (Å²) in [5, 5.41) is 2.58. The second kappa shape index (κ2) is 5.22. The zero-order valence-corrected chi connectivity index (χ0v) is 11.0. The molecule has 1 aromatic heterocycles. The molecule has 1 aliphatic heterocycles. The van der Waals surface area contributed by atoms with Gasteiger partial charge < -0.3 is 10.2 Å². The summed E-state index contributed by atoms with van der Waals surface area (Å²) in [6.45, 7) is 3.57. The van der Waals surface area contributed by atoms with Crippen LogP contribution < -0.4 is 10.2 Å². The monoisotopic (exact) mass is 274 g/mol. The average molecular weight is 274 g/mol. The van der Waals surface area contributed by atoms with Crippen LogP contribution in [0.1, 0.15) is 25.5 Å². The van der Waals surface area contributed by atoms with Crippen molar-refractivity contribution in [2.75, 3.05) is 30.4 Å². The molecule has 4 nitrogen and oxygen atoms in total. The van der Waals surface area contributed by atoms with Gasteiger partial charge in [-0.3, -0.25) is 0 Å². The molecule has 2 rings (SSSR count). The lowest BCUT2D eigenvalue weighted by molar-refractivity contribution is -0.141. The minimum Gasteiger partial charge on any atom is -0.357 e. The van der Waals surface area contributed by atoms with E-state index in [0.29, 0.717) is 11.7 Å². The van der Waals surface area contributed by atoms with E-state index in [9.17, 15) is 13.2 Å². The van der Waals surface area contributed by atoms with E-state index in [1.54, 1.807) is 0 Å². The van der Waals surface area contributed by atoms with Crippen molar-refractivity contribution in [2.24, 2.45) is 5.92 Å². The average Bonchev–Trinajstić information content (AvgIpc) is 2.37. The van der Waals surface area contributed by atoms with Gasteiger partial charge in [0.1, 0.15) is 5.82 Å². The molecule has 1 aliphatic rings. The molecule has 0 aliphatic carbocycles. The Hall–Kier alpha value is -1.53. The van der Waals surface area contributed by atoms with E-state index in [1.165, 1.54) is 7.05 Å². The zero-order valence-electron chi connectivity index (χ0n) is 11.0. The molecule has 1 atom stereocenters. The lowest BCUT2D eigenvalue weighted by Crippen LogP contribution is -2.35. The van der Waals surface area contributed by atoms with Crippen molar-refractivity contribution in [1.29, 1.82) is 0 Å². The molecule has 0 saturated carbocycles. The van der Waals surface area contributed by atoms with Crippen molar-refractivity contribution in [2.45, 2.75) is 25.9 Å². The first-order chi connectivity index (χ1) is 8.90. The number of piperidine rings is 1. The van der Waals surface area contributed by atoms with Crippen molar-refractivity contribution in [3.8, 4) is 0 Å². The fraction of sp³-hybridized carbons (Fsp3) is 0.667. The normalized spacial score (nSPS) is 20.5. The van der Waals surface area contributed by atoms with E-state index in [-0.39, 0.29) is 5.95 Å². The summed E-state index contributed by atoms with van der Waals surface area (Å²) in [4.78, 5) is 9.49. The molecule has 1 N–H and O–H groups in total. The van der Waals surface area contributed by atoms with Crippen LogP contribution in [0, 0.1) is 5.92 Å². The van der Waals surface area contributed by atoms with Gasteiger partial charge in [0.05, 0.1) is 0 Å². The maximum absolute atomic E-state index is 12.8. The quantitative estimate of drug-likeness (QED) is 0.900. The van der Waals surface area contributed by atoms with E-state index in [0.717, 1.165) is 32.0 Å². The maximum atomic E-state index is 12.8. The molecule has 0 spiro atoms. The van der Waals surface area contributed by atoms with E-state index in [4.69, 9.17) is 0 Å². The van der Waals surface area contributed by atoms with E-state index in [1.807, 2.05) is 4.90 Å². The van der Waals surface area contributed by atoms with Gasteiger partial charge in [0, 0.05) is 26.2 Å². The van der Waals surface area contributed by atoms with Crippen molar-refractivity contribution >= 4 is 11.8 Å². The first kappa shape index (κ1) is 13.9. The summed E-state index contributed by atoms with van der Waals surface area (Å²) < 4.78 is 38.4. The zero-order chi connectivity index (χ0) is 14.0. The molecule has 106 valence electrons. The third-order valence-corrected chi connectivity index (χ3v) is 3.21. The highest BCUT2D eigenvalue weighted by atomic mass is 19.4. The number of alkyl halides is 3. The van der Waals surface area contributed by atoms with Gasteiger partial charge in [-0.25, -0.2) is 4.98 Å². The fourth-order valence-corrected chi connectivity index (χ4v) is 2.25. The molecule has 7 heteroatoms. The van der Waals surface area contributed by atoms with Gasteiger partial charge in [-0.1, -0.05) is 6.92 Å². The van der Waals surface area contributed by atoms with Gasteiger partial charge in [0.2, 0.25) is 5.95 Å². The van der Waals surface area contributed by atoms with Crippen LogP contribution in [0.3, 0.4) is 0 Å². The van der Waals surface area contributed by atoms with Crippen molar-refractivity contribution in [3.63, 3.8) is 0 Å². The predicted molar refractivity (Wildman–Crippen MR) is 67.2 cm³/mol. The summed E-state index contributed by atoms with van der Waals surface area (Å²) in [5.41, 5.74) is -0.903. The molecule has 19 heavy (non-hydrogen) atoms. The van der Waals surface area contributed by atoms with Crippen LogP contribution in [0.15, 0.2) is 6.07 Å². The Morgan fingerprint density at radius 3 is 2.68 bits per heavy atom. The summed E-state index contributed by atoms with van der Waals surface area (Å²) in [5.74, 6) is 0.817. The Balaban J connectivity index is 2.34. The number of aromatic nitrogens is 2. The van der Waals surface area contributed by atoms with Crippen molar-refractivity contribution in [1.82, 2.24) is 9.97 Å². The topological polar surface area (TPSA) is 41.1 Å². The van der Waals surface area contributed by atoms with Gasteiger partial charge in [0.15, 0.2) is 5.69 Å². The Morgan fingerprint density at radius 1 is 1.37 bits per heavy atom. The van der Waals surface area contributed by atoms with Gasteiger partial charge in [-0.2, -0.15) is 18.2 Å². The lowest BCUT2D eigenvalue weighted by Gasteiger charge is -2.32. The summed E-state index contributed by atoms with van der Waals surface area (Å²) in [6.07, 6.45) is -2.38. The molecule has 1 aromatic rings. The molecular formula is C12H17F3N4. The van der Waals surface area contributed by atoms with Crippen LogP contribution in [0.5, 0.6) is 0 Å². The molecule has 0 aromatic carbocycles. The molecule has 1 saturated heterocycles. The Kier molecular flexibility index (Phi) is 3.82. The number of anilines is 2. The molecule has 1 unspecified atom stereocenters. The third kappa shape index (κ3) is 3.27. The number of halogens is 3. The standard InChI is InChI=1S/C12H17F3N4/c1-8-4-3-5-19(7-8)10-6-9(12(13,14)15)17-11(16-2)18-10/h6,8H,3-5,7H2,1-2H3,(H,16,17,18). The minimum atomic E-state index is -4.45. The number of hydrogen-bond acceptors (Lipinski definition) is 4. The number of nitrogens with zero attached hydrogens (tertiary/aromatic N) is 3. The predicted octanol–water partition coefficient (Wildman–Crippen LogP) is 2.77. The van der Waals surface area contributed by atoms with Crippen molar-refractivity contribution in [3.05, 3.63) is 11.8 Å². The molecular weight excluding hydrogens is 257 g/mol. The van der Waals surface area contributed by atoms with Crippen LogP contribution in [0.2, 0.25) is 0 Å². The van der Waals surface area contributed by atoms with E-state index >= 15 is 0 Å². The summed E-state index contributed by atoms with van der Waals surface area (Å²) in [7, 11) is 1.51. The summed E-state index contributed by atoms with van der Waals surface area (Å²) >= 11 is 0. The molecule has 0 bridgehead atoms. The number of rotatable bonds is 2. The second-order valence-electron chi connectivity index (χ2n) is 4.88. The highest BCUT2D eigenvalue weighted by molar-refractivity contribution is 5.45. The number of hydrogen-bond donors (Lipinski definition) is 1. The Morgan fingerprint density at radius 2 is 2.11 bits per heavy atom. The molecule has 0 radical (unpaired) electrons. The highest BCUT2D eigenvalue weighted by Crippen LogP contribution is 2.31. The lowest BCUT2D eigenvalue weighted by atomic mass is 10.0. The minimum absolute atomic E-state index is 0.00283. The third-order valence-electron chi connectivity index (χ3n) is 3.21. The van der Waals surface area contributed by atoms with Crippen LogP contribution >= 0.6 is 0 Å². The Labute approximate surface area is 110 Å². The van der Waals surface area contributed by atoms with Crippen LogP contribution in [-0.2, 0) is 6.18 Å². The first-order valence-electron chi connectivity index (χ1n) is 6.29. The smallest absolute Gasteiger partial charge is 0.357 e. The highest BCUT2D eigenvalue weighted by Gasteiger charge is 2.34. The SMILES string of the molecule is CNc1nc(N2CCCC(C)C2)cc(C(F)(F)F)n1. The molecule has 0 amide bonds. The first-order valence-corrected chi connectivity index (χ1v) is 6.29. The van der Waals surface area contributed by atoms with Crippen LogP contribution in [0.4, 0.5) is 24.9 Å². The van der Waals surface area contributed by atoms with Crippen LogP contribution in [-0.4, -0.2) is 30.1 Å². The van der Waals surface area contributed by atoms with Gasteiger partial charge in [-0.15, -0.1) is 0 Å². The van der Waals surface area contributed by atoms with Gasteiger partial charge in [0.25, 0.3) is 0 Å². The Bertz CT molecular complexity index is 447. The number of nitrogens with one attached hydrogen (secondary N) is 1. The second-order valence-corrected chi connectivity index (χ2v) is 4.88. The van der Waals surface area contributed by atoms with Crippen LogP contribution in [0.25, 0.3) is 0 Å².